The van der Waals surface area contributed by atoms with Crippen molar-refractivity contribution in [2.75, 3.05) is 0 Å². The third-order valence-corrected chi connectivity index (χ3v) is 1.93. The van der Waals surface area contributed by atoms with Gasteiger partial charge in [0, 0.05) is 5.69 Å². The van der Waals surface area contributed by atoms with Crippen LogP contribution in [0.3, 0.4) is 0 Å². The lowest BCUT2D eigenvalue weighted by Crippen LogP contribution is -1.75. The Morgan fingerprint density at radius 3 is 2.27 bits per heavy atom. The van der Waals surface area contributed by atoms with Crippen molar-refractivity contribution in [3.05, 3.63) is 54.4 Å². The van der Waals surface area contributed by atoms with E-state index in [2.05, 4.69) is 15.2 Å². The zero-order valence-electron chi connectivity index (χ0n) is 8.46. The Bertz CT molecular complexity index is 446. The van der Waals surface area contributed by atoms with Gasteiger partial charge in [0.2, 0.25) is 0 Å². The van der Waals surface area contributed by atoms with Crippen LogP contribution in [0.5, 0.6) is 0 Å². The molecule has 0 aliphatic rings. The average molecular weight is 197 g/mol. The molecule has 74 valence electrons. The molecule has 3 nitrogen and oxygen atoms in total. The normalized spacial score (nSPS) is 10.7. The van der Waals surface area contributed by atoms with E-state index in [0.717, 1.165) is 17.1 Å². The highest BCUT2D eigenvalue weighted by Gasteiger charge is 1.90. The van der Waals surface area contributed by atoms with Crippen LogP contribution in [0, 0.1) is 6.92 Å². The maximum atomic E-state index is 4.14. The first-order valence-corrected chi connectivity index (χ1v) is 4.74. The first-order valence-electron chi connectivity index (χ1n) is 4.74. The van der Waals surface area contributed by atoms with Gasteiger partial charge in [-0.05, 0) is 31.2 Å². The van der Waals surface area contributed by atoms with Crippen LogP contribution in [0.2, 0.25) is 0 Å². The van der Waals surface area contributed by atoms with Crippen LogP contribution >= 0.6 is 0 Å². The molecule has 0 aliphatic carbocycles. The van der Waals surface area contributed by atoms with Gasteiger partial charge in [-0.15, -0.1) is 5.11 Å². The third-order valence-electron chi connectivity index (χ3n) is 1.93. The minimum absolute atomic E-state index is 0.768. The number of azo groups is 1. The molecule has 2 rings (SSSR count). The summed E-state index contributed by atoms with van der Waals surface area (Å²) in [6.45, 7) is 1.94. The molecule has 0 amide bonds. The Morgan fingerprint density at radius 2 is 1.60 bits per heavy atom. The van der Waals surface area contributed by atoms with Gasteiger partial charge in [0.05, 0.1) is 11.9 Å². The molecular weight excluding hydrogens is 186 g/mol. The molecule has 0 aliphatic heterocycles. The van der Waals surface area contributed by atoms with Gasteiger partial charge in [-0.1, -0.05) is 18.2 Å². The summed E-state index contributed by atoms with van der Waals surface area (Å²) in [5.41, 5.74) is 2.59. The Kier molecular flexibility index (Phi) is 2.83. The highest BCUT2D eigenvalue weighted by Crippen LogP contribution is 2.16. The lowest BCUT2D eigenvalue weighted by molar-refractivity contribution is 1.15. The van der Waals surface area contributed by atoms with E-state index in [4.69, 9.17) is 0 Å². The molecule has 0 atom stereocenters. The largest absolute Gasteiger partial charge is 0.259 e. The monoisotopic (exact) mass is 197 g/mol. The van der Waals surface area contributed by atoms with Gasteiger partial charge < -0.3 is 0 Å². The molecule has 0 fully saturated rings. The van der Waals surface area contributed by atoms with E-state index in [1.165, 1.54) is 0 Å². The van der Waals surface area contributed by atoms with E-state index >= 15 is 0 Å². The molecule has 3 heteroatoms. The lowest BCUT2D eigenvalue weighted by Gasteiger charge is -1.93. The molecule has 0 saturated carbocycles. The second-order valence-corrected chi connectivity index (χ2v) is 3.19. The first kappa shape index (κ1) is 9.52. The topological polar surface area (TPSA) is 37.6 Å². The van der Waals surface area contributed by atoms with E-state index in [9.17, 15) is 0 Å². The Balaban J connectivity index is 2.15. The van der Waals surface area contributed by atoms with Gasteiger partial charge >= 0.3 is 0 Å². The summed E-state index contributed by atoms with van der Waals surface area (Å²) in [5.74, 6) is 0. The molecule has 0 spiro atoms. The van der Waals surface area contributed by atoms with E-state index in [1.807, 2.05) is 49.4 Å². The van der Waals surface area contributed by atoms with Crippen LogP contribution in [0.4, 0.5) is 11.4 Å². The van der Waals surface area contributed by atoms with E-state index < -0.39 is 0 Å². The number of rotatable bonds is 2. The van der Waals surface area contributed by atoms with Gasteiger partial charge in [0.1, 0.15) is 5.69 Å². The summed E-state index contributed by atoms with van der Waals surface area (Å²) in [5, 5.41) is 8.17. The number of aromatic nitrogens is 1. The number of pyridine rings is 1. The SMILES string of the molecule is Cc1ccc(N=Nc2ccccc2)cn1. The van der Waals surface area contributed by atoms with Gasteiger partial charge in [0.15, 0.2) is 0 Å². The van der Waals surface area contributed by atoms with Crippen molar-refractivity contribution < 1.29 is 0 Å². The maximum Gasteiger partial charge on any atom is 0.104 e. The molecule has 0 radical (unpaired) electrons. The number of aryl methyl sites for hydroxylation is 1. The van der Waals surface area contributed by atoms with Crippen molar-refractivity contribution >= 4 is 11.4 Å². The summed E-state index contributed by atoms with van der Waals surface area (Å²) < 4.78 is 0. The quantitative estimate of drug-likeness (QED) is 0.674. The molecule has 15 heavy (non-hydrogen) atoms. The summed E-state index contributed by atoms with van der Waals surface area (Å²) in [6, 6.07) is 13.4. The number of benzene rings is 1. The molecule has 0 N–H and O–H groups in total. The predicted octanol–water partition coefficient (Wildman–Crippen LogP) is 3.81. The fourth-order valence-corrected chi connectivity index (χ4v) is 1.13. The standard InChI is InChI=1S/C12H11N3/c1-10-7-8-12(9-13-10)15-14-11-5-3-2-4-6-11/h2-9H,1H3. The lowest BCUT2D eigenvalue weighted by atomic mass is 10.3. The van der Waals surface area contributed by atoms with Crippen LogP contribution in [0.25, 0.3) is 0 Å². The van der Waals surface area contributed by atoms with E-state index in [-0.39, 0.29) is 0 Å². The van der Waals surface area contributed by atoms with Crippen LogP contribution in [-0.2, 0) is 0 Å². The summed E-state index contributed by atoms with van der Waals surface area (Å²) in [7, 11) is 0. The van der Waals surface area contributed by atoms with Crippen molar-refractivity contribution in [3.63, 3.8) is 0 Å². The van der Waals surface area contributed by atoms with Crippen LogP contribution in [-0.4, -0.2) is 4.98 Å². The minimum Gasteiger partial charge on any atom is -0.259 e. The summed E-state index contributed by atoms with van der Waals surface area (Å²) in [6.07, 6.45) is 1.71. The van der Waals surface area contributed by atoms with Crippen LogP contribution in [0.15, 0.2) is 58.9 Å². The first-order chi connectivity index (χ1) is 7.34. The maximum absolute atomic E-state index is 4.14. The molecule has 0 saturated heterocycles. The molecule has 2 aromatic rings. The van der Waals surface area contributed by atoms with Crippen molar-refractivity contribution in [2.45, 2.75) is 6.92 Å². The van der Waals surface area contributed by atoms with Crippen molar-refractivity contribution in [3.8, 4) is 0 Å². The van der Waals surface area contributed by atoms with Crippen molar-refractivity contribution in [2.24, 2.45) is 10.2 Å². The van der Waals surface area contributed by atoms with Crippen LogP contribution in [0.1, 0.15) is 5.69 Å². The van der Waals surface area contributed by atoms with E-state index in [1.54, 1.807) is 6.20 Å². The molecular formula is C12H11N3. The van der Waals surface area contributed by atoms with Gasteiger partial charge in [-0.2, -0.15) is 5.11 Å². The minimum atomic E-state index is 0.768. The average Bonchev–Trinajstić information content (AvgIpc) is 2.30. The Hall–Kier alpha value is -2.03. The predicted molar refractivity (Wildman–Crippen MR) is 59.6 cm³/mol. The highest BCUT2D eigenvalue weighted by molar-refractivity contribution is 5.38. The molecule has 0 bridgehead atoms. The zero-order valence-corrected chi connectivity index (χ0v) is 8.46. The fraction of sp³-hybridized carbons (Fsp3) is 0.0833. The number of hydrogen-bond acceptors (Lipinski definition) is 3. The second kappa shape index (κ2) is 4.46. The third kappa shape index (κ3) is 2.71. The summed E-state index contributed by atoms with van der Waals surface area (Å²) in [4.78, 5) is 4.14. The molecule has 1 heterocycles. The van der Waals surface area contributed by atoms with E-state index in [0.29, 0.717) is 0 Å². The molecule has 0 unspecified atom stereocenters. The number of hydrogen-bond donors (Lipinski definition) is 0. The van der Waals surface area contributed by atoms with Gasteiger partial charge in [-0.3, -0.25) is 4.98 Å². The van der Waals surface area contributed by atoms with Crippen molar-refractivity contribution in [1.29, 1.82) is 0 Å². The summed E-state index contributed by atoms with van der Waals surface area (Å²) >= 11 is 0. The fourth-order valence-electron chi connectivity index (χ4n) is 1.13. The van der Waals surface area contributed by atoms with Crippen LogP contribution < -0.4 is 0 Å². The van der Waals surface area contributed by atoms with Gasteiger partial charge in [-0.25, -0.2) is 0 Å². The highest BCUT2D eigenvalue weighted by atomic mass is 15.1. The Labute approximate surface area is 88.5 Å². The number of nitrogens with zero attached hydrogens (tertiary/aromatic N) is 3. The smallest absolute Gasteiger partial charge is 0.104 e. The van der Waals surface area contributed by atoms with Crippen molar-refractivity contribution in [1.82, 2.24) is 4.98 Å². The van der Waals surface area contributed by atoms with Gasteiger partial charge in [0.25, 0.3) is 0 Å². The zero-order chi connectivity index (χ0) is 10.5. The second-order valence-electron chi connectivity index (χ2n) is 3.19. The Morgan fingerprint density at radius 1 is 0.867 bits per heavy atom. The molecule has 1 aromatic carbocycles. The molecule has 1 aromatic heterocycles.